The molecule has 0 unspecified atom stereocenters. The molecule has 0 aromatic heterocycles. The van der Waals surface area contributed by atoms with E-state index in [1.54, 1.807) is 6.07 Å². The zero-order valence-corrected chi connectivity index (χ0v) is 11.8. The molecule has 2 N–H and O–H groups in total. The molecule has 0 atom stereocenters. The lowest BCUT2D eigenvalue weighted by molar-refractivity contribution is 0.0744. The van der Waals surface area contributed by atoms with E-state index in [9.17, 15) is 4.79 Å². The molecule has 1 fully saturated rings. The number of nitrogens with two attached hydrogens (primary N) is 1. The van der Waals surface area contributed by atoms with Crippen LogP contribution in [0.15, 0.2) is 18.2 Å². The Morgan fingerprint density at radius 1 is 1.44 bits per heavy atom. The number of benzene rings is 1. The first-order chi connectivity index (χ1) is 8.08. The Morgan fingerprint density at radius 3 is 2.67 bits per heavy atom. The Morgan fingerprint density at radius 2 is 2.11 bits per heavy atom. The lowest BCUT2D eigenvalue weighted by atomic mass is 9.85. The monoisotopic (exact) mass is 268 g/mol. The van der Waals surface area contributed by atoms with Crippen LogP contribution in [-0.4, -0.2) is 24.4 Å². The van der Waals surface area contributed by atoms with Crippen LogP contribution in [-0.2, 0) is 0 Å². The van der Waals surface area contributed by atoms with Gasteiger partial charge in [0.05, 0.1) is 0 Å². The molecule has 1 saturated carbocycles. The van der Waals surface area contributed by atoms with Crippen LogP contribution in [0, 0.1) is 12.8 Å². The van der Waals surface area contributed by atoms with Crippen LogP contribution < -0.4 is 5.73 Å². The Balaban J connectivity index is 0.00000162. The van der Waals surface area contributed by atoms with Crippen molar-refractivity contribution in [3.8, 4) is 0 Å². The van der Waals surface area contributed by atoms with Crippen molar-refractivity contribution < 1.29 is 4.79 Å². The number of nitrogens with zero attached hydrogens (tertiary/aromatic N) is 1. The van der Waals surface area contributed by atoms with Crippen molar-refractivity contribution in [3.05, 3.63) is 29.3 Å². The Kier molecular flexibility index (Phi) is 5.03. The summed E-state index contributed by atoms with van der Waals surface area (Å²) >= 11 is 0. The summed E-state index contributed by atoms with van der Waals surface area (Å²) in [4.78, 5) is 14.1. The van der Waals surface area contributed by atoms with E-state index in [1.807, 2.05) is 31.0 Å². The van der Waals surface area contributed by atoms with Crippen LogP contribution in [0.4, 0.5) is 5.69 Å². The Hall–Kier alpha value is -1.22. The van der Waals surface area contributed by atoms with Gasteiger partial charge >= 0.3 is 0 Å². The fourth-order valence-corrected chi connectivity index (χ4v) is 2.22. The van der Waals surface area contributed by atoms with Gasteiger partial charge in [-0.1, -0.05) is 12.5 Å². The topological polar surface area (TPSA) is 46.3 Å². The Labute approximate surface area is 115 Å². The molecular formula is C14H21ClN2O. The second-order valence-corrected chi connectivity index (χ2v) is 5.06. The predicted octanol–water partition coefficient (Wildman–Crippen LogP) is 2.87. The second kappa shape index (κ2) is 6.10. The minimum absolute atomic E-state index is 0. The van der Waals surface area contributed by atoms with E-state index >= 15 is 0 Å². The molecule has 0 aliphatic heterocycles. The van der Waals surface area contributed by atoms with Gasteiger partial charge in [0.1, 0.15) is 0 Å². The number of amides is 1. The SMILES string of the molecule is Cc1ccc(N)cc1C(=O)N(C)CC1CCC1.Cl. The molecule has 1 amide bonds. The van der Waals surface area contributed by atoms with E-state index < -0.39 is 0 Å². The van der Waals surface area contributed by atoms with Crippen LogP contribution in [0.5, 0.6) is 0 Å². The lowest BCUT2D eigenvalue weighted by Crippen LogP contribution is -2.34. The molecule has 100 valence electrons. The maximum absolute atomic E-state index is 12.3. The standard InChI is InChI=1S/C14H20N2O.ClH/c1-10-6-7-12(15)8-13(10)14(17)16(2)9-11-4-3-5-11;/h6-8,11H,3-5,9,15H2,1-2H3;1H. The van der Waals surface area contributed by atoms with Crippen LogP contribution in [0.3, 0.4) is 0 Å². The molecule has 1 aromatic rings. The van der Waals surface area contributed by atoms with Gasteiger partial charge in [-0.2, -0.15) is 0 Å². The molecule has 0 bridgehead atoms. The number of aryl methyl sites for hydroxylation is 1. The van der Waals surface area contributed by atoms with Gasteiger partial charge in [-0.3, -0.25) is 4.79 Å². The number of halogens is 1. The number of hydrogen-bond donors (Lipinski definition) is 1. The number of nitrogen functional groups attached to an aromatic ring is 1. The maximum atomic E-state index is 12.3. The summed E-state index contributed by atoms with van der Waals surface area (Å²) in [7, 11) is 1.88. The first kappa shape index (κ1) is 14.8. The smallest absolute Gasteiger partial charge is 0.253 e. The molecule has 0 saturated heterocycles. The fraction of sp³-hybridized carbons (Fsp3) is 0.500. The highest BCUT2D eigenvalue weighted by Gasteiger charge is 2.22. The van der Waals surface area contributed by atoms with Crippen LogP contribution in [0.25, 0.3) is 0 Å². The van der Waals surface area contributed by atoms with Gasteiger partial charge in [-0.25, -0.2) is 0 Å². The van der Waals surface area contributed by atoms with E-state index in [2.05, 4.69) is 0 Å². The number of carbonyl (C=O) groups excluding carboxylic acids is 1. The molecule has 3 nitrogen and oxygen atoms in total. The highest BCUT2D eigenvalue weighted by molar-refractivity contribution is 5.96. The quantitative estimate of drug-likeness (QED) is 0.857. The van der Waals surface area contributed by atoms with Crippen molar-refractivity contribution in [2.45, 2.75) is 26.2 Å². The van der Waals surface area contributed by atoms with Crippen molar-refractivity contribution in [1.29, 1.82) is 0 Å². The van der Waals surface area contributed by atoms with Crippen molar-refractivity contribution in [2.75, 3.05) is 19.3 Å². The molecule has 4 heteroatoms. The number of rotatable bonds is 3. The van der Waals surface area contributed by atoms with Gasteiger partial charge in [0.15, 0.2) is 0 Å². The largest absolute Gasteiger partial charge is 0.399 e. The van der Waals surface area contributed by atoms with Gasteiger partial charge in [-0.15, -0.1) is 12.4 Å². The molecule has 0 radical (unpaired) electrons. The van der Waals surface area contributed by atoms with Gasteiger partial charge < -0.3 is 10.6 Å². The van der Waals surface area contributed by atoms with Gasteiger partial charge in [0, 0.05) is 24.8 Å². The molecule has 2 rings (SSSR count). The van der Waals surface area contributed by atoms with E-state index in [1.165, 1.54) is 19.3 Å². The minimum atomic E-state index is 0. The van der Waals surface area contributed by atoms with E-state index in [-0.39, 0.29) is 18.3 Å². The second-order valence-electron chi connectivity index (χ2n) is 5.06. The molecule has 0 heterocycles. The number of anilines is 1. The van der Waals surface area contributed by atoms with Crippen molar-refractivity contribution in [3.63, 3.8) is 0 Å². The lowest BCUT2D eigenvalue weighted by Gasteiger charge is -2.30. The summed E-state index contributed by atoms with van der Waals surface area (Å²) in [5.74, 6) is 0.784. The maximum Gasteiger partial charge on any atom is 0.253 e. The fourth-order valence-electron chi connectivity index (χ4n) is 2.22. The summed E-state index contributed by atoms with van der Waals surface area (Å²) < 4.78 is 0. The summed E-state index contributed by atoms with van der Waals surface area (Å²) in [5, 5.41) is 0. The van der Waals surface area contributed by atoms with Crippen LogP contribution in [0.2, 0.25) is 0 Å². The zero-order chi connectivity index (χ0) is 12.4. The molecular weight excluding hydrogens is 248 g/mol. The Bertz CT molecular complexity index is 430. The van der Waals surface area contributed by atoms with Gasteiger partial charge in [0.25, 0.3) is 5.91 Å². The molecule has 1 aliphatic rings. The van der Waals surface area contributed by atoms with Gasteiger partial charge in [0.2, 0.25) is 0 Å². The average Bonchev–Trinajstić information content (AvgIpc) is 2.25. The van der Waals surface area contributed by atoms with Crippen molar-refractivity contribution in [2.24, 2.45) is 5.92 Å². The van der Waals surface area contributed by atoms with Crippen molar-refractivity contribution in [1.82, 2.24) is 4.90 Å². The summed E-state index contributed by atoms with van der Waals surface area (Å²) in [5.41, 5.74) is 8.10. The van der Waals surface area contributed by atoms with Crippen LogP contribution >= 0.6 is 12.4 Å². The van der Waals surface area contributed by atoms with Crippen LogP contribution in [0.1, 0.15) is 35.2 Å². The summed E-state index contributed by atoms with van der Waals surface area (Å²) in [6.45, 7) is 2.82. The van der Waals surface area contributed by atoms with E-state index in [0.29, 0.717) is 11.6 Å². The highest BCUT2D eigenvalue weighted by Crippen LogP contribution is 2.27. The number of carbonyl (C=O) groups is 1. The molecule has 0 spiro atoms. The first-order valence-corrected chi connectivity index (χ1v) is 6.19. The minimum Gasteiger partial charge on any atom is -0.399 e. The number of hydrogen-bond acceptors (Lipinski definition) is 2. The molecule has 1 aromatic carbocycles. The molecule has 1 aliphatic carbocycles. The summed E-state index contributed by atoms with van der Waals surface area (Å²) in [6, 6.07) is 5.51. The molecule has 18 heavy (non-hydrogen) atoms. The first-order valence-electron chi connectivity index (χ1n) is 6.19. The zero-order valence-electron chi connectivity index (χ0n) is 11.0. The van der Waals surface area contributed by atoms with E-state index in [4.69, 9.17) is 5.73 Å². The third-order valence-corrected chi connectivity index (χ3v) is 3.60. The third-order valence-electron chi connectivity index (χ3n) is 3.60. The highest BCUT2D eigenvalue weighted by atomic mass is 35.5. The third kappa shape index (κ3) is 3.16. The van der Waals surface area contributed by atoms with Gasteiger partial charge in [-0.05, 0) is 43.4 Å². The summed E-state index contributed by atoms with van der Waals surface area (Å²) in [6.07, 6.45) is 3.82. The van der Waals surface area contributed by atoms with E-state index in [0.717, 1.165) is 17.7 Å². The van der Waals surface area contributed by atoms with Crippen molar-refractivity contribution >= 4 is 24.0 Å². The average molecular weight is 269 g/mol. The predicted molar refractivity (Wildman–Crippen MR) is 77.1 cm³/mol. The normalized spacial score (nSPS) is 14.6.